The molecule has 0 atom stereocenters. The summed E-state index contributed by atoms with van der Waals surface area (Å²) < 4.78 is 0. The molecule has 1 aromatic rings. The van der Waals surface area contributed by atoms with Gasteiger partial charge in [-0.25, -0.2) is 4.79 Å². The van der Waals surface area contributed by atoms with Gasteiger partial charge in [0.25, 0.3) is 0 Å². The van der Waals surface area contributed by atoms with Gasteiger partial charge in [0.15, 0.2) is 0 Å². The summed E-state index contributed by atoms with van der Waals surface area (Å²) in [6.07, 6.45) is 3.00. The Kier molecular flexibility index (Phi) is 6.58. The molecule has 0 saturated carbocycles. The Morgan fingerprint density at radius 2 is 2.07 bits per heavy atom. The molecule has 1 aromatic carbocycles. The minimum Gasteiger partial charge on any atom is -1.00 e. The smallest absolute Gasteiger partial charge is 1.00 e. The third-order valence-electron chi connectivity index (χ3n) is 2.05. The molecule has 0 bridgehead atoms. The van der Waals surface area contributed by atoms with Crippen molar-refractivity contribution < 1.29 is 12.8 Å². The number of hydrogen-bond donors (Lipinski definition) is 1. The Labute approximate surface area is 103 Å². The van der Waals surface area contributed by atoms with Crippen molar-refractivity contribution in [1.29, 1.82) is 0 Å². The van der Waals surface area contributed by atoms with Gasteiger partial charge in [-0.15, -0.1) is 0 Å². The number of benzene rings is 1. The van der Waals surface area contributed by atoms with E-state index >= 15 is 0 Å². The Morgan fingerprint density at radius 3 is 2.64 bits per heavy atom. The molecule has 0 saturated heterocycles. The van der Waals surface area contributed by atoms with Crippen molar-refractivity contribution in [2.75, 3.05) is 0 Å². The van der Waals surface area contributed by atoms with E-state index in [-0.39, 0.29) is 25.9 Å². The summed E-state index contributed by atoms with van der Waals surface area (Å²) in [7, 11) is 0. The standard InChI is InChI=1S/C11H14O2.Mg.2H/c1-2-3-6-9-7-4-5-8-10(9)11(12)13;;;/h4-5,7-8H,2-3,6H2,1H3,(H,12,13);;;/q;+2;2*-1. The molecule has 0 spiro atoms. The largest absolute Gasteiger partial charge is 2.00 e. The molecular weight excluding hydrogens is 188 g/mol. The van der Waals surface area contributed by atoms with Gasteiger partial charge in [-0.2, -0.15) is 0 Å². The average molecular weight is 205 g/mol. The minimum atomic E-state index is -0.827. The molecule has 74 valence electrons. The topological polar surface area (TPSA) is 37.3 Å². The Bertz CT molecular complexity index is 306. The molecule has 14 heavy (non-hydrogen) atoms. The average Bonchev–Trinajstić information content (AvgIpc) is 2.15. The second kappa shape index (κ2) is 6.84. The molecule has 0 amide bonds. The monoisotopic (exact) mass is 204 g/mol. The van der Waals surface area contributed by atoms with E-state index < -0.39 is 5.97 Å². The van der Waals surface area contributed by atoms with Crippen LogP contribution in [0.2, 0.25) is 0 Å². The van der Waals surface area contributed by atoms with Crippen LogP contribution in [0.3, 0.4) is 0 Å². The molecule has 0 unspecified atom stereocenters. The van der Waals surface area contributed by atoms with Gasteiger partial charge in [-0.05, 0) is 24.5 Å². The van der Waals surface area contributed by atoms with E-state index in [4.69, 9.17) is 5.11 Å². The Balaban J connectivity index is -0.000000563. The van der Waals surface area contributed by atoms with Gasteiger partial charge in [-0.1, -0.05) is 31.5 Å². The zero-order chi connectivity index (χ0) is 9.68. The van der Waals surface area contributed by atoms with E-state index in [1.54, 1.807) is 12.1 Å². The molecule has 0 fully saturated rings. The minimum absolute atomic E-state index is 0. The van der Waals surface area contributed by atoms with E-state index in [0.717, 1.165) is 24.8 Å². The van der Waals surface area contributed by atoms with E-state index in [1.165, 1.54) is 0 Å². The summed E-state index contributed by atoms with van der Waals surface area (Å²) in [4.78, 5) is 10.8. The van der Waals surface area contributed by atoms with Crippen molar-refractivity contribution in [3.8, 4) is 0 Å². The zero-order valence-corrected chi connectivity index (χ0v) is 9.91. The van der Waals surface area contributed by atoms with Crippen LogP contribution in [-0.2, 0) is 6.42 Å². The van der Waals surface area contributed by atoms with Crippen molar-refractivity contribution in [1.82, 2.24) is 0 Å². The number of carbonyl (C=O) groups is 1. The summed E-state index contributed by atoms with van der Waals surface area (Å²) in [6.45, 7) is 2.10. The van der Waals surface area contributed by atoms with Crippen LogP contribution in [0, 0.1) is 0 Å². The molecule has 2 nitrogen and oxygen atoms in total. The molecule has 0 radical (unpaired) electrons. The third-order valence-corrected chi connectivity index (χ3v) is 2.05. The fourth-order valence-corrected chi connectivity index (χ4v) is 1.31. The van der Waals surface area contributed by atoms with Gasteiger partial charge in [0.1, 0.15) is 0 Å². The second-order valence-corrected chi connectivity index (χ2v) is 3.07. The third kappa shape index (κ3) is 3.68. The quantitative estimate of drug-likeness (QED) is 0.766. The van der Waals surface area contributed by atoms with E-state index in [9.17, 15) is 4.79 Å². The first-order chi connectivity index (χ1) is 6.25. The SMILES string of the molecule is CCCCc1ccccc1C(=O)O.[H-].[H-].[Mg+2]. The zero-order valence-electron chi connectivity index (χ0n) is 10.5. The van der Waals surface area contributed by atoms with Crippen LogP contribution in [-0.4, -0.2) is 34.1 Å². The van der Waals surface area contributed by atoms with Crippen LogP contribution < -0.4 is 0 Å². The van der Waals surface area contributed by atoms with Crippen molar-refractivity contribution in [2.45, 2.75) is 26.2 Å². The molecule has 3 heteroatoms. The second-order valence-electron chi connectivity index (χ2n) is 3.07. The summed E-state index contributed by atoms with van der Waals surface area (Å²) >= 11 is 0. The first kappa shape index (κ1) is 13.5. The van der Waals surface area contributed by atoms with E-state index in [1.807, 2.05) is 12.1 Å². The van der Waals surface area contributed by atoms with E-state index in [2.05, 4.69) is 6.92 Å². The van der Waals surface area contributed by atoms with Gasteiger partial charge in [0.05, 0.1) is 5.56 Å². The molecule has 0 heterocycles. The van der Waals surface area contributed by atoms with Gasteiger partial charge in [0, 0.05) is 0 Å². The van der Waals surface area contributed by atoms with Crippen LogP contribution in [0.5, 0.6) is 0 Å². The Hall–Kier alpha value is -0.544. The summed E-state index contributed by atoms with van der Waals surface area (Å²) in [5.74, 6) is -0.827. The summed E-state index contributed by atoms with van der Waals surface area (Å²) in [5.41, 5.74) is 1.38. The van der Waals surface area contributed by atoms with Crippen molar-refractivity contribution >= 4 is 29.0 Å². The molecule has 1 N–H and O–H groups in total. The van der Waals surface area contributed by atoms with Crippen LogP contribution in [0.4, 0.5) is 0 Å². The normalized spacial score (nSPS) is 9.21. The molecule has 1 rings (SSSR count). The van der Waals surface area contributed by atoms with Crippen LogP contribution in [0.15, 0.2) is 24.3 Å². The Morgan fingerprint density at radius 1 is 1.43 bits per heavy atom. The van der Waals surface area contributed by atoms with Crippen LogP contribution >= 0.6 is 0 Å². The first-order valence-electron chi connectivity index (χ1n) is 4.57. The maximum absolute atomic E-state index is 10.8. The van der Waals surface area contributed by atoms with Crippen molar-refractivity contribution in [3.63, 3.8) is 0 Å². The van der Waals surface area contributed by atoms with Gasteiger partial charge < -0.3 is 7.96 Å². The maximum atomic E-state index is 10.8. The maximum Gasteiger partial charge on any atom is 2.00 e. The molecule has 0 aliphatic heterocycles. The predicted octanol–water partition coefficient (Wildman–Crippen LogP) is 2.57. The fraction of sp³-hybridized carbons (Fsp3) is 0.364. The molecule has 0 aliphatic rings. The molecular formula is C11H16MgO2. The summed E-state index contributed by atoms with van der Waals surface area (Å²) in [5, 5.41) is 8.86. The number of carboxylic acids is 1. The van der Waals surface area contributed by atoms with Crippen molar-refractivity contribution in [2.24, 2.45) is 0 Å². The van der Waals surface area contributed by atoms with E-state index in [0.29, 0.717) is 5.56 Å². The van der Waals surface area contributed by atoms with Gasteiger partial charge in [-0.3, -0.25) is 0 Å². The fourth-order valence-electron chi connectivity index (χ4n) is 1.31. The van der Waals surface area contributed by atoms with Gasteiger partial charge in [0.2, 0.25) is 0 Å². The van der Waals surface area contributed by atoms with Crippen LogP contribution in [0.25, 0.3) is 0 Å². The van der Waals surface area contributed by atoms with Gasteiger partial charge >= 0.3 is 29.0 Å². The van der Waals surface area contributed by atoms with Crippen molar-refractivity contribution in [3.05, 3.63) is 35.4 Å². The molecule has 0 aromatic heterocycles. The first-order valence-corrected chi connectivity index (χ1v) is 4.57. The number of aromatic carboxylic acids is 1. The predicted molar refractivity (Wildman–Crippen MR) is 60.0 cm³/mol. The number of rotatable bonds is 4. The summed E-state index contributed by atoms with van der Waals surface area (Å²) in [6, 6.07) is 7.20. The van der Waals surface area contributed by atoms with Crippen LogP contribution in [0.1, 0.15) is 38.5 Å². The number of aryl methyl sites for hydroxylation is 1. The number of unbranched alkanes of at least 4 members (excludes halogenated alkanes) is 1. The number of carboxylic acid groups (broad SMARTS) is 1. The number of hydrogen-bond acceptors (Lipinski definition) is 1. The molecule has 0 aliphatic carbocycles.